The summed E-state index contributed by atoms with van der Waals surface area (Å²) in [5, 5.41) is 2.93. The Morgan fingerprint density at radius 2 is 1.71 bits per heavy atom. The van der Waals surface area contributed by atoms with Gasteiger partial charge in [-0.2, -0.15) is 0 Å². The Bertz CT molecular complexity index is 494. The van der Waals surface area contributed by atoms with Gasteiger partial charge < -0.3 is 14.8 Å². The molecule has 2 atom stereocenters. The number of ether oxygens (including phenoxy) is 2. The summed E-state index contributed by atoms with van der Waals surface area (Å²) < 4.78 is 11.0. The molecule has 1 aliphatic heterocycles. The van der Waals surface area contributed by atoms with Crippen LogP contribution in [0.15, 0.2) is 24.3 Å². The fourth-order valence-corrected chi connectivity index (χ4v) is 3.34. The number of hydrogen-bond donors (Lipinski definition) is 1. The van der Waals surface area contributed by atoms with Crippen molar-refractivity contribution in [2.24, 2.45) is 11.8 Å². The number of piperidine rings is 1. The molecule has 0 aliphatic carbocycles. The predicted molar refractivity (Wildman–Crippen MR) is 95.5 cm³/mol. The van der Waals surface area contributed by atoms with E-state index in [9.17, 15) is 4.79 Å². The molecule has 1 aliphatic rings. The lowest BCUT2D eigenvalue weighted by atomic mass is 9.92. The van der Waals surface area contributed by atoms with Gasteiger partial charge in [0, 0.05) is 13.1 Å². The zero-order valence-corrected chi connectivity index (χ0v) is 15.1. The van der Waals surface area contributed by atoms with Crippen molar-refractivity contribution >= 4 is 5.91 Å². The van der Waals surface area contributed by atoms with Gasteiger partial charge in [0.2, 0.25) is 5.91 Å². The van der Waals surface area contributed by atoms with E-state index in [1.54, 1.807) is 0 Å². The van der Waals surface area contributed by atoms with E-state index in [4.69, 9.17) is 9.47 Å². The number of rotatable bonds is 8. The van der Waals surface area contributed by atoms with Gasteiger partial charge in [-0.1, -0.05) is 13.8 Å². The van der Waals surface area contributed by atoms with E-state index in [0.29, 0.717) is 38.1 Å². The molecule has 0 spiro atoms. The second-order valence-electron chi connectivity index (χ2n) is 6.74. The molecule has 1 fully saturated rings. The molecular weight excluding hydrogens is 304 g/mol. The molecule has 24 heavy (non-hydrogen) atoms. The van der Waals surface area contributed by atoms with E-state index >= 15 is 0 Å². The summed E-state index contributed by atoms with van der Waals surface area (Å²) in [7, 11) is 0. The third kappa shape index (κ3) is 6.40. The van der Waals surface area contributed by atoms with Crippen LogP contribution in [0.25, 0.3) is 0 Å². The molecule has 1 saturated heterocycles. The molecule has 2 rings (SSSR count). The van der Waals surface area contributed by atoms with Crippen molar-refractivity contribution in [3.05, 3.63) is 24.3 Å². The molecule has 0 unspecified atom stereocenters. The molecule has 1 aromatic rings. The Kier molecular flexibility index (Phi) is 7.37. The van der Waals surface area contributed by atoms with Crippen LogP contribution in [0.2, 0.25) is 0 Å². The second kappa shape index (κ2) is 9.52. The SMILES string of the molecule is CCOc1ccc(OCCNC(=O)CN2C[C@@H](C)C[C@H](C)C2)cc1. The highest BCUT2D eigenvalue weighted by molar-refractivity contribution is 5.78. The summed E-state index contributed by atoms with van der Waals surface area (Å²) in [4.78, 5) is 14.3. The number of nitrogens with zero attached hydrogens (tertiary/aromatic N) is 1. The Hall–Kier alpha value is -1.75. The maximum atomic E-state index is 12.0. The molecule has 5 heteroatoms. The zero-order chi connectivity index (χ0) is 17.4. The van der Waals surface area contributed by atoms with E-state index in [1.807, 2.05) is 31.2 Å². The minimum absolute atomic E-state index is 0.0755. The smallest absolute Gasteiger partial charge is 0.234 e. The van der Waals surface area contributed by atoms with Crippen LogP contribution in [0.3, 0.4) is 0 Å². The first-order valence-electron chi connectivity index (χ1n) is 8.91. The molecule has 134 valence electrons. The first-order chi connectivity index (χ1) is 11.6. The van der Waals surface area contributed by atoms with Gasteiger partial charge in [-0.25, -0.2) is 0 Å². The number of amides is 1. The van der Waals surface area contributed by atoms with Crippen molar-refractivity contribution in [1.29, 1.82) is 0 Å². The third-order valence-corrected chi connectivity index (χ3v) is 4.14. The highest BCUT2D eigenvalue weighted by atomic mass is 16.5. The third-order valence-electron chi connectivity index (χ3n) is 4.14. The fraction of sp³-hybridized carbons (Fsp3) is 0.632. The van der Waals surface area contributed by atoms with Crippen LogP contribution in [-0.4, -0.2) is 50.2 Å². The van der Waals surface area contributed by atoms with Gasteiger partial charge in [0.25, 0.3) is 0 Å². The summed E-state index contributed by atoms with van der Waals surface area (Å²) in [6.07, 6.45) is 1.26. The molecule has 0 bridgehead atoms. The van der Waals surface area contributed by atoms with Crippen LogP contribution in [0.1, 0.15) is 27.2 Å². The second-order valence-corrected chi connectivity index (χ2v) is 6.74. The minimum atomic E-state index is 0.0755. The largest absolute Gasteiger partial charge is 0.494 e. The van der Waals surface area contributed by atoms with Gasteiger partial charge in [-0.05, 0) is 49.4 Å². The van der Waals surface area contributed by atoms with Gasteiger partial charge >= 0.3 is 0 Å². The van der Waals surface area contributed by atoms with Crippen molar-refractivity contribution in [2.45, 2.75) is 27.2 Å². The Morgan fingerprint density at radius 3 is 2.29 bits per heavy atom. The topological polar surface area (TPSA) is 50.8 Å². The lowest BCUT2D eigenvalue weighted by Gasteiger charge is -2.34. The number of benzene rings is 1. The number of carbonyl (C=O) groups is 1. The number of hydrogen-bond acceptors (Lipinski definition) is 4. The lowest BCUT2D eigenvalue weighted by molar-refractivity contribution is -0.122. The normalized spacial score (nSPS) is 21.3. The van der Waals surface area contributed by atoms with Gasteiger partial charge in [-0.15, -0.1) is 0 Å². The predicted octanol–water partition coefficient (Wildman–Crippen LogP) is 2.56. The summed E-state index contributed by atoms with van der Waals surface area (Å²) >= 11 is 0. The molecule has 0 aromatic heterocycles. The van der Waals surface area contributed by atoms with E-state index in [1.165, 1.54) is 6.42 Å². The lowest BCUT2D eigenvalue weighted by Crippen LogP contribution is -2.45. The van der Waals surface area contributed by atoms with Crippen molar-refractivity contribution in [2.75, 3.05) is 39.4 Å². The Morgan fingerprint density at radius 1 is 1.12 bits per heavy atom. The molecule has 0 radical (unpaired) electrons. The van der Waals surface area contributed by atoms with Gasteiger partial charge in [0.05, 0.1) is 19.7 Å². The molecule has 5 nitrogen and oxygen atoms in total. The van der Waals surface area contributed by atoms with Crippen LogP contribution in [0.5, 0.6) is 11.5 Å². The van der Waals surface area contributed by atoms with Gasteiger partial charge in [0.1, 0.15) is 18.1 Å². The maximum Gasteiger partial charge on any atom is 0.234 e. The number of carbonyl (C=O) groups excluding carboxylic acids is 1. The zero-order valence-electron chi connectivity index (χ0n) is 15.1. The average Bonchev–Trinajstić information content (AvgIpc) is 2.52. The first-order valence-corrected chi connectivity index (χ1v) is 8.91. The molecule has 1 heterocycles. The maximum absolute atomic E-state index is 12.0. The van der Waals surface area contributed by atoms with Crippen LogP contribution < -0.4 is 14.8 Å². The quantitative estimate of drug-likeness (QED) is 0.743. The van der Waals surface area contributed by atoms with E-state index < -0.39 is 0 Å². The Labute approximate surface area is 145 Å². The number of nitrogens with one attached hydrogen (secondary N) is 1. The van der Waals surface area contributed by atoms with Crippen LogP contribution >= 0.6 is 0 Å². The monoisotopic (exact) mass is 334 g/mol. The van der Waals surface area contributed by atoms with Crippen molar-refractivity contribution < 1.29 is 14.3 Å². The van der Waals surface area contributed by atoms with Crippen molar-refractivity contribution in [3.8, 4) is 11.5 Å². The van der Waals surface area contributed by atoms with E-state index in [0.717, 1.165) is 24.6 Å². The standard InChI is InChI=1S/C19H30N2O3/c1-4-23-17-5-7-18(8-6-17)24-10-9-20-19(22)14-21-12-15(2)11-16(3)13-21/h5-8,15-16H,4,9-14H2,1-3H3,(H,20,22)/t15-,16-/m0/s1. The molecule has 1 amide bonds. The van der Waals surface area contributed by atoms with Gasteiger partial charge in [-0.3, -0.25) is 9.69 Å². The minimum Gasteiger partial charge on any atom is -0.494 e. The summed E-state index contributed by atoms with van der Waals surface area (Å²) in [6.45, 7) is 10.6. The Balaban J connectivity index is 1.62. The highest BCUT2D eigenvalue weighted by Gasteiger charge is 2.22. The summed E-state index contributed by atoms with van der Waals surface area (Å²) in [6, 6.07) is 7.53. The molecule has 0 saturated carbocycles. The summed E-state index contributed by atoms with van der Waals surface area (Å²) in [5.41, 5.74) is 0. The molecular formula is C19H30N2O3. The van der Waals surface area contributed by atoms with E-state index in [-0.39, 0.29) is 5.91 Å². The molecule has 1 N–H and O–H groups in total. The van der Waals surface area contributed by atoms with Crippen LogP contribution in [0, 0.1) is 11.8 Å². The highest BCUT2D eigenvalue weighted by Crippen LogP contribution is 2.20. The average molecular weight is 334 g/mol. The van der Waals surface area contributed by atoms with Crippen LogP contribution in [-0.2, 0) is 4.79 Å². The molecule has 1 aromatic carbocycles. The van der Waals surface area contributed by atoms with Crippen LogP contribution in [0.4, 0.5) is 0 Å². The fourth-order valence-electron chi connectivity index (χ4n) is 3.34. The first kappa shape index (κ1) is 18.6. The van der Waals surface area contributed by atoms with Crippen molar-refractivity contribution in [1.82, 2.24) is 10.2 Å². The number of likely N-dealkylation sites (tertiary alicyclic amines) is 1. The van der Waals surface area contributed by atoms with Gasteiger partial charge in [0.15, 0.2) is 0 Å². The summed E-state index contributed by atoms with van der Waals surface area (Å²) in [5.74, 6) is 3.04. The van der Waals surface area contributed by atoms with Crippen molar-refractivity contribution in [3.63, 3.8) is 0 Å². The van der Waals surface area contributed by atoms with E-state index in [2.05, 4.69) is 24.1 Å².